The van der Waals surface area contributed by atoms with E-state index in [4.69, 9.17) is 0 Å². The van der Waals surface area contributed by atoms with Crippen LogP contribution in [-0.4, -0.2) is 40.2 Å². The summed E-state index contributed by atoms with van der Waals surface area (Å²) in [5.74, 6) is -0.383. The number of nitrogens with zero attached hydrogens (tertiary/aromatic N) is 2. The van der Waals surface area contributed by atoms with Gasteiger partial charge in [0.1, 0.15) is 10.8 Å². The highest BCUT2D eigenvalue weighted by Gasteiger charge is 2.28. The number of halogens is 1. The van der Waals surface area contributed by atoms with E-state index in [1.165, 1.54) is 23.5 Å². The van der Waals surface area contributed by atoms with E-state index >= 15 is 0 Å². The molecule has 2 aromatic carbocycles. The molecular formula is C19H18FN3O2S. The number of carbonyl (C=O) groups is 1. The van der Waals surface area contributed by atoms with Gasteiger partial charge in [0.25, 0.3) is 0 Å². The van der Waals surface area contributed by atoms with E-state index in [2.05, 4.69) is 10.3 Å². The Balaban J connectivity index is 1.67. The maximum Gasteiger partial charge on any atom is 0.322 e. The molecule has 4 rings (SSSR count). The summed E-state index contributed by atoms with van der Waals surface area (Å²) in [5, 5.41) is 12.9. The van der Waals surface area contributed by atoms with Crippen LogP contribution in [0.2, 0.25) is 0 Å². The number of aliphatic hydroxyl groups is 1. The SMILES string of the molecule is O=C(Nc1ccc(F)cc1-c1nc2ccccc2s1)N1CCCC1CO. The van der Waals surface area contributed by atoms with Crippen LogP contribution < -0.4 is 5.32 Å². The van der Waals surface area contributed by atoms with Gasteiger partial charge in [-0.1, -0.05) is 12.1 Å². The lowest BCUT2D eigenvalue weighted by Crippen LogP contribution is -2.40. The molecule has 134 valence electrons. The molecule has 7 heteroatoms. The Kier molecular flexibility index (Phi) is 4.57. The summed E-state index contributed by atoms with van der Waals surface area (Å²) < 4.78 is 14.9. The summed E-state index contributed by atoms with van der Waals surface area (Å²) in [4.78, 5) is 18.8. The van der Waals surface area contributed by atoms with Crippen LogP contribution in [0.25, 0.3) is 20.8 Å². The first-order chi connectivity index (χ1) is 12.7. The number of fused-ring (bicyclic) bond motifs is 1. The van der Waals surface area contributed by atoms with Gasteiger partial charge in [-0.25, -0.2) is 14.2 Å². The highest BCUT2D eigenvalue weighted by Crippen LogP contribution is 2.35. The molecule has 0 radical (unpaired) electrons. The van der Waals surface area contributed by atoms with Gasteiger partial charge in [0.05, 0.1) is 28.6 Å². The van der Waals surface area contributed by atoms with E-state index < -0.39 is 0 Å². The van der Waals surface area contributed by atoms with Crippen LogP contribution in [0, 0.1) is 5.82 Å². The number of aliphatic hydroxyl groups excluding tert-OH is 1. The minimum atomic E-state index is -0.383. The van der Waals surface area contributed by atoms with Crippen molar-refractivity contribution in [3.63, 3.8) is 0 Å². The van der Waals surface area contributed by atoms with Crippen LogP contribution in [0.4, 0.5) is 14.9 Å². The number of hydrogen-bond acceptors (Lipinski definition) is 4. The number of benzene rings is 2. The number of amides is 2. The first-order valence-corrected chi connectivity index (χ1v) is 9.31. The second-order valence-electron chi connectivity index (χ2n) is 6.28. The van der Waals surface area contributed by atoms with E-state index in [1.54, 1.807) is 11.0 Å². The fourth-order valence-corrected chi connectivity index (χ4v) is 4.27. The standard InChI is InChI=1S/C19H18FN3O2S/c20-12-7-8-15(22-19(25)23-9-3-4-13(23)11-24)14(10-12)18-21-16-5-1-2-6-17(16)26-18/h1-2,5-8,10,13,24H,3-4,9,11H2,(H,22,25). The van der Waals surface area contributed by atoms with Gasteiger partial charge in [-0.3, -0.25) is 0 Å². The Morgan fingerprint density at radius 1 is 1.35 bits per heavy atom. The predicted octanol–water partition coefficient (Wildman–Crippen LogP) is 4.09. The van der Waals surface area contributed by atoms with Gasteiger partial charge in [-0.2, -0.15) is 0 Å². The number of nitrogens with one attached hydrogen (secondary N) is 1. The quantitative estimate of drug-likeness (QED) is 0.729. The maximum atomic E-state index is 13.9. The van der Waals surface area contributed by atoms with E-state index in [1.807, 2.05) is 24.3 Å². The largest absolute Gasteiger partial charge is 0.394 e. The van der Waals surface area contributed by atoms with Crippen molar-refractivity contribution in [2.45, 2.75) is 18.9 Å². The molecule has 1 aliphatic rings. The molecule has 2 amide bonds. The van der Waals surface area contributed by atoms with Crippen molar-refractivity contribution in [2.24, 2.45) is 0 Å². The molecule has 1 fully saturated rings. The van der Waals surface area contributed by atoms with Crippen LogP contribution in [0.1, 0.15) is 12.8 Å². The first-order valence-electron chi connectivity index (χ1n) is 8.49. The average Bonchev–Trinajstić information content (AvgIpc) is 3.29. The van der Waals surface area contributed by atoms with Gasteiger partial charge in [0.15, 0.2) is 0 Å². The summed E-state index contributed by atoms with van der Waals surface area (Å²) >= 11 is 1.45. The third-order valence-electron chi connectivity index (χ3n) is 4.60. The number of thiazole rings is 1. The molecule has 1 aliphatic heterocycles. The molecule has 5 nitrogen and oxygen atoms in total. The van der Waals surface area contributed by atoms with E-state index in [0.717, 1.165) is 23.1 Å². The number of hydrogen-bond donors (Lipinski definition) is 2. The molecule has 3 aromatic rings. The van der Waals surface area contributed by atoms with Crippen molar-refractivity contribution in [3.8, 4) is 10.6 Å². The number of anilines is 1. The topological polar surface area (TPSA) is 65.5 Å². The second-order valence-corrected chi connectivity index (χ2v) is 7.31. The third kappa shape index (κ3) is 3.15. The molecule has 2 heterocycles. The Hall–Kier alpha value is -2.51. The van der Waals surface area contributed by atoms with Crippen LogP contribution in [-0.2, 0) is 0 Å². The van der Waals surface area contributed by atoms with Gasteiger partial charge in [-0.05, 0) is 43.2 Å². The Morgan fingerprint density at radius 3 is 3.00 bits per heavy atom. The molecule has 1 unspecified atom stereocenters. The van der Waals surface area contributed by atoms with E-state index in [0.29, 0.717) is 22.8 Å². The molecule has 0 spiro atoms. The highest BCUT2D eigenvalue weighted by atomic mass is 32.1. The fourth-order valence-electron chi connectivity index (χ4n) is 3.27. The van der Waals surface area contributed by atoms with Gasteiger partial charge in [-0.15, -0.1) is 11.3 Å². The number of urea groups is 1. The summed E-state index contributed by atoms with van der Waals surface area (Å²) in [6, 6.07) is 11.5. The number of likely N-dealkylation sites (tertiary alicyclic amines) is 1. The van der Waals surface area contributed by atoms with Crippen molar-refractivity contribution in [1.29, 1.82) is 0 Å². The lowest BCUT2D eigenvalue weighted by Gasteiger charge is -2.23. The molecule has 1 atom stereocenters. The number of rotatable bonds is 3. The van der Waals surface area contributed by atoms with Gasteiger partial charge >= 0.3 is 6.03 Å². The summed E-state index contributed by atoms with van der Waals surface area (Å²) in [6.45, 7) is 0.552. The van der Waals surface area contributed by atoms with Crippen LogP contribution in [0.15, 0.2) is 42.5 Å². The molecule has 2 N–H and O–H groups in total. The van der Waals surface area contributed by atoms with Crippen molar-refractivity contribution in [3.05, 3.63) is 48.3 Å². The number of para-hydroxylation sites is 1. The molecular weight excluding hydrogens is 353 g/mol. The van der Waals surface area contributed by atoms with Crippen molar-refractivity contribution < 1.29 is 14.3 Å². The van der Waals surface area contributed by atoms with Gasteiger partial charge < -0.3 is 15.3 Å². The molecule has 0 aliphatic carbocycles. The minimum Gasteiger partial charge on any atom is -0.394 e. The van der Waals surface area contributed by atoms with E-state index in [9.17, 15) is 14.3 Å². The summed E-state index contributed by atoms with van der Waals surface area (Å²) in [5.41, 5.74) is 1.91. The molecule has 1 aromatic heterocycles. The highest BCUT2D eigenvalue weighted by molar-refractivity contribution is 7.21. The van der Waals surface area contributed by atoms with E-state index in [-0.39, 0.29) is 24.5 Å². The predicted molar refractivity (Wildman–Crippen MR) is 101 cm³/mol. The number of aromatic nitrogens is 1. The fraction of sp³-hybridized carbons (Fsp3) is 0.263. The lowest BCUT2D eigenvalue weighted by atomic mass is 10.1. The number of carbonyl (C=O) groups excluding carboxylic acids is 1. The van der Waals surface area contributed by atoms with Gasteiger partial charge in [0, 0.05) is 12.1 Å². The molecule has 0 bridgehead atoms. The second kappa shape index (κ2) is 7.01. The molecule has 26 heavy (non-hydrogen) atoms. The summed E-state index contributed by atoms with van der Waals surface area (Å²) in [6.07, 6.45) is 1.66. The van der Waals surface area contributed by atoms with Crippen LogP contribution in [0.3, 0.4) is 0 Å². The minimum absolute atomic E-state index is 0.0540. The average molecular weight is 371 g/mol. The Labute approximate surface area is 154 Å². The zero-order valence-corrected chi connectivity index (χ0v) is 14.8. The zero-order chi connectivity index (χ0) is 18.1. The summed E-state index contributed by atoms with van der Waals surface area (Å²) in [7, 11) is 0. The lowest BCUT2D eigenvalue weighted by molar-refractivity contribution is 0.166. The van der Waals surface area contributed by atoms with Crippen molar-refractivity contribution >= 4 is 33.3 Å². The first kappa shape index (κ1) is 16.9. The molecule has 1 saturated heterocycles. The van der Waals surface area contributed by atoms with Crippen molar-refractivity contribution in [1.82, 2.24) is 9.88 Å². The third-order valence-corrected chi connectivity index (χ3v) is 5.67. The Morgan fingerprint density at radius 2 is 2.19 bits per heavy atom. The van der Waals surface area contributed by atoms with Crippen LogP contribution >= 0.6 is 11.3 Å². The van der Waals surface area contributed by atoms with Gasteiger partial charge in [0.2, 0.25) is 0 Å². The smallest absolute Gasteiger partial charge is 0.322 e. The normalized spacial score (nSPS) is 17.0. The Bertz CT molecular complexity index is 926. The monoisotopic (exact) mass is 371 g/mol. The van der Waals surface area contributed by atoms with Crippen LogP contribution in [0.5, 0.6) is 0 Å². The molecule has 0 saturated carbocycles. The maximum absolute atomic E-state index is 13.9. The van der Waals surface area contributed by atoms with Crippen molar-refractivity contribution in [2.75, 3.05) is 18.5 Å². The zero-order valence-electron chi connectivity index (χ0n) is 14.0.